The number of benzene rings is 2. The van der Waals surface area contributed by atoms with E-state index in [1.54, 1.807) is 27.4 Å². The molecular formula is C26H29F2N5O2S. The largest absolute Gasteiger partial charge is 0.368 e. The first kappa shape index (κ1) is 24.5. The SMILES string of the molecule is CCCn1ccc(S(=O)(=O)N2CCN(c3cc4cnn(-c5ccc(F)c(F)c5)c4cc3C)C[C@H]2C)c1. The molecule has 5 rings (SSSR count). The minimum absolute atomic E-state index is 0.210. The van der Waals surface area contributed by atoms with Crippen molar-refractivity contribution in [2.24, 2.45) is 0 Å². The lowest BCUT2D eigenvalue weighted by atomic mass is 10.1. The van der Waals surface area contributed by atoms with E-state index in [0.29, 0.717) is 30.2 Å². The third-order valence-electron chi connectivity index (χ3n) is 6.75. The molecule has 1 aliphatic rings. The summed E-state index contributed by atoms with van der Waals surface area (Å²) in [6.45, 7) is 8.26. The van der Waals surface area contributed by atoms with Crippen LogP contribution in [0.5, 0.6) is 0 Å². The van der Waals surface area contributed by atoms with Crippen LogP contribution in [0.1, 0.15) is 25.8 Å². The summed E-state index contributed by atoms with van der Waals surface area (Å²) in [7, 11) is -3.58. The topological polar surface area (TPSA) is 63.4 Å². The fourth-order valence-electron chi connectivity index (χ4n) is 4.95. The number of nitrogens with zero attached hydrogens (tertiary/aromatic N) is 5. The van der Waals surface area contributed by atoms with E-state index in [1.807, 2.05) is 36.7 Å². The van der Waals surface area contributed by atoms with Gasteiger partial charge in [0.25, 0.3) is 0 Å². The summed E-state index contributed by atoms with van der Waals surface area (Å²) in [4.78, 5) is 2.53. The van der Waals surface area contributed by atoms with Gasteiger partial charge in [-0.3, -0.25) is 0 Å². The first-order valence-electron chi connectivity index (χ1n) is 12.1. The number of rotatable bonds is 6. The van der Waals surface area contributed by atoms with E-state index in [4.69, 9.17) is 0 Å². The molecule has 190 valence electrons. The maximum Gasteiger partial charge on any atom is 0.244 e. The second-order valence-electron chi connectivity index (χ2n) is 9.35. The number of anilines is 1. The minimum Gasteiger partial charge on any atom is -0.368 e. The number of hydrogen-bond donors (Lipinski definition) is 0. The third-order valence-corrected chi connectivity index (χ3v) is 8.75. The fourth-order valence-corrected chi connectivity index (χ4v) is 6.59. The van der Waals surface area contributed by atoms with Crippen LogP contribution in [0.25, 0.3) is 16.6 Å². The van der Waals surface area contributed by atoms with Gasteiger partial charge in [0.1, 0.15) is 0 Å². The van der Waals surface area contributed by atoms with Crippen molar-refractivity contribution in [1.29, 1.82) is 0 Å². The van der Waals surface area contributed by atoms with Crippen molar-refractivity contribution < 1.29 is 17.2 Å². The van der Waals surface area contributed by atoms with Crippen molar-refractivity contribution >= 4 is 26.6 Å². The lowest BCUT2D eigenvalue weighted by molar-refractivity contribution is 0.306. The maximum atomic E-state index is 13.8. The number of hydrogen-bond acceptors (Lipinski definition) is 4. The number of aryl methyl sites for hydroxylation is 2. The molecule has 3 heterocycles. The van der Waals surface area contributed by atoms with Crippen LogP contribution in [-0.4, -0.2) is 52.7 Å². The molecule has 0 bridgehead atoms. The van der Waals surface area contributed by atoms with E-state index in [0.717, 1.165) is 47.3 Å². The predicted molar refractivity (Wildman–Crippen MR) is 136 cm³/mol. The first-order chi connectivity index (χ1) is 17.2. The van der Waals surface area contributed by atoms with E-state index >= 15 is 0 Å². The fraction of sp³-hybridized carbons (Fsp3) is 0.346. The Kier molecular flexibility index (Phi) is 6.34. The summed E-state index contributed by atoms with van der Waals surface area (Å²) in [5, 5.41) is 5.25. The van der Waals surface area contributed by atoms with E-state index in [2.05, 4.69) is 16.9 Å². The molecule has 2 aromatic carbocycles. The second kappa shape index (κ2) is 9.33. The molecule has 7 nitrogen and oxygen atoms in total. The monoisotopic (exact) mass is 513 g/mol. The summed E-state index contributed by atoms with van der Waals surface area (Å²) < 4.78 is 58.9. The van der Waals surface area contributed by atoms with Crippen molar-refractivity contribution in [2.45, 2.75) is 44.7 Å². The van der Waals surface area contributed by atoms with Gasteiger partial charge in [0.05, 0.1) is 22.3 Å². The van der Waals surface area contributed by atoms with Crippen LogP contribution in [-0.2, 0) is 16.6 Å². The molecule has 36 heavy (non-hydrogen) atoms. The van der Waals surface area contributed by atoms with E-state index in [-0.39, 0.29) is 6.04 Å². The van der Waals surface area contributed by atoms with Crippen LogP contribution in [0.3, 0.4) is 0 Å². The van der Waals surface area contributed by atoms with Crippen molar-refractivity contribution in [3.05, 3.63) is 72.2 Å². The average molecular weight is 514 g/mol. The second-order valence-corrected chi connectivity index (χ2v) is 11.2. The molecule has 0 unspecified atom stereocenters. The van der Waals surface area contributed by atoms with Crippen molar-refractivity contribution in [3.63, 3.8) is 0 Å². The zero-order valence-electron chi connectivity index (χ0n) is 20.5. The van der Waals surface area contributed by atoms with Crippen LogP contribution < -0.4 is 4.90 Å². The zero-order chi connectivity index (χ0) is 25.6. The quantitative estimate of drug-likeness (QED) is 0.374. The van der Waals surface area contributed by atoms with Gasteiger partial charge in [0.15, 0.2) is 11.6 Å². The van der Waals surface area contributed by atoms with Crippen molar-refractivity contribution in [1.82, 2.24) is 18.7 Å². The van der Waals surface area contributed by atoms with Gasteiger partial charge in [-0.05, 0) is 56.2 Å². The van der Waals surface area contributed by atoms with Gasteiger partial charge in [-0.2, -0.15) is 9.40 Å². The van der Waals surface area contributed by atoms with E-state index in [1.165, 1.54) is 6.07 Å². The maximum absolute atomic E-state index is 13.8. The third kappa shape index (κ3) is 4.28. The van der Waals surface area contributed by atoms with Gasteiger partial charge in [-0.25, -0.2) is 21.9 Å². The predicted octanol–water partition coefficient (Wildman–Crippen LogP) is 4.72. The Hall–Kier alpha value is -3.24. The Morgan fingerprint density at radius 1 is 1.08 bits per heavy atom. The van der Waals surface area contributed by atoms with Crippen LogP contribution >= 0.6 is 0 Å². The molecule has 0 spiro atoms. The van der Waals surface area contributed by atoms with Crippen LogP contribution in [0.15, 0.2) is 59.9 Å². The van der Waals surface area contributed by atoms with Crippen molar-refractivity contribution in [3.8, 4) is 5.69 Å². The average Bonchev–Trinajstić information content (AvgIpc) is 3.48. The van der Waals surface area contributed by atoms with Gasteiger partial charge >= 0.3 is 0 Å². The highest BCUT2D eigenvalue weighted by Crippen LogP contribution is 2.31. The molecular weight excluding hydrogens is 484 g/mol. The molecule has 1 fully saturated rings. The summed E-state index contributed by atoms with van der Waals surface area (Å²) in [5.74, 6) is -1.82. The van der Waals surface area contributed by atoms with Gasteiger partial charge in [0, 0.05) is 61.8 Å². The summed E-state index contributed by atoms with van der Waals surface area (Å²) in [6.07, 6.45) is 6.16. The molecule has 4 aromatic rings. The summed E-state index contributed by atoms with van der Waals surface area (Å²) >= 11 is 0. The van der Waals surface area contributed by atoms with E-state index < -0.39 is 21.7 Å². The summed E-state index contributed by atoms with van der Waals surface area (Å²) in [6, 6.07) is 9.17. The lowest BCUT2D eigenvalue weighted by Crippen LogP contribution is -2.54. The Labute approximate surface area is 209 Å². The number of fused-ring (bicyclic) bond motifs is 1. The molecule has 1 atom stereocenters. The van der Waals surface area contributed by atoms with Gasteiger partial charge in [0.2, 0.25) is 10.0 Å². The molecule has 10 heteroatoms. The molecule has 2 aromatic heterocycles. The molecule has 0 N–H and O–H groups in total. The zero-order valence-corrected chi connectivity index (χ0v) is 21.3. The highest BCUT2D eigenvalue weighted by atomic mass is 32.2. The molecule has 0 radical (unpaired) electrons. The Balaban J connectivity index is 1.39. The minimum atomic E-state index is -3.58. The smallest absolute Gasteiger partial charge is 0.244 e. The van der Waals surface area contributed by atoms with Crippen LogP contribution in [0, 0.1) is 18.6 Å². The van der Waals surface area contributed by atoms with Gasteiger partial charge in [-0.15, -0.1) is 0 Å². The lowest BCUT2D eigenvalue weighted by Gasteiger charge is -2.40. The number of piperazine rings is 1. The Bertz CT molecular complexity index is 1530. The number of halogens is 2. The molecule has 0 aliphatic carbocycles. The molecule has 0 amide bonds. The summed E-state index contributed by atoms with van der Waals surface area (Å²) in [5.41, 5.74) is 3.22. The Morgan fingerprint density at radius 2 is 1.89 bits per heavy atom. The van der Waals surface area contributed by atoms with Crippen LogP contribution in [0.4, 0.5) is 14.5 Å². The number of aromatic nitrogens is 3. The van der Waals surface area contributed by atoms with E-state index in [9.17, 15) is 17.2 Å². The first-order valence-corrected chi connectivity index (χ1v) is 13.5. The van der Waals surface area contributed by atoms with Gasteiger partial charge < -0.3 is 9.47 Å². The van der Waals surface area contributed by atoms with Gasteiger partial charge in [-0.1, -0.05) is 6.92 Å². The molecule has 0 saturated carbocycles. The normalized spacial score (nSPS) is 17.2. The van der Waals surface area contributed by atoms with Crippen LogP contribution in [0.2, 0.25) is 0 Å². The molecule has 1 aliphatic heterocycles. The van der Waals surface area contributed by atoms with Crippen molar-refractivity contribution in [2.75, 3.05) is 24.5 Å². The highest BCUT2D eigenvalue weighted by molar-refractivity contribution is 7.89. The number of sulfonamides is 1. The standard InChI is InChI=1S/C26H29F2N5O2S/c1-4-8-30-9-7-22(17-30)36(34,35)32-11-10-31(16-19(32)3)25-13-20-15-29-33(26(20)12-18(25)2)21-5-6-23(27)24(28)14-21/h5-7,9,12-15,17,19H,4,8,10-11,16H2,1-3H3/t19-/m1/s1. The Morgan fingerprint density at radius 3 is 2.61 bits per heavy atom. The molecule has 1 saturated heterocycles. The highest BCUT2D eigenvalue weighted by Gasteiger charge is 2.34.